The fourth-order valence-electron chi connectivity index (χ4n) is 3.09. The van der Waals surface area contributed by atoms with Gasteiger partial charge in [-0.2, -0.15) is 0 Å². The number of urea groups is 1. The van der Waals surface area contributed by atoms with Gasteiger partial charge in [0.25, 0.3) is 0 Å². The van der Waals surface area contributed by atoms with E-state index in [1.807, 2.05) is 18.3 Å². The van der Waals surface area contributed by atoms with Crippen LogP contribution in [0.25, 0.3) is 0 Å². The van der Waals surface area contributed by atoms with Crippen LogP contribution in [0.5, 0.6) is 11.5 Å². The molecule has 2 N–H and O–H groups in total. The van der Waals surface area contributed by atoms with Gasteiger partial charge in [-0.05, 0) is 36.8 Å². The van der Waals surface area contributed by atoms with Crippen molar-refractivity contribution in [1.82, 2.24) is 9.88 Å². The quantitative estimate of drug-likeness (QED) is 0.723. The van der Waals surface area contributed by atoms with Crippen LogP contribution >= 0.6 is 0 Å². The Morgan fingerprint density at radius 1 is 1.07 bits per heavy atom. The predicted octanol–water partition coefficient (Wildman–Crippen LogP) is 3.90. The number of rotatable bonds is 5. The molecule has 0 fully saturated rings. The molecule has 0 aliphatic carbocycles. The van der Waals surface area contributed by atoms with Crippen molar-refractivity contribution in [3.8, 4) is 11.5 Å². The van der Waals surface area contributed by atoms with E-state index in [2.05, 4.69) is 46.4 Å². The summed E-state index contributed by atoms with van der Waals surface area (Å²) in [7, 11) is 0. The third kappa shape index (κ3) is 4.06. The van der Waals surface area contributed by atoms with E-state index in [9.17, 15) is 4.79 Å². The van der Waals surface area contributed by atoms with Gasteiger partial charge in [0, 0.05) is 30.2 Å². The Morgan fingerprint density at radius 2 is 1.96 bits per heavy atom. The number of benzene rings is 2. The minimum Gasteiger partial charge on any atom is -0.454 e. The summed E-state index contributed by atoms with van der Waals surface area (Å²) in [6.45, 7) is 3.51. The van der Waals surface area contributed by atoms with Crippen molar-refractivity contribution in [1.29, 1.82) is 0 Å². The molecule has 2 heterocycles. The molecular weight excluding hydrogens is 342 g/mol. The SMILES string of the molecule is Cc1cccc(Cn2cccc2CNC(=O)Nc2ccc3c(c2)OCO3)c1. The van der Waals surface area contributed by atoms with Gasteiger partial charge in [-0.3, -0.25) is 0 Å². The van der Waals surface area contributed by atoms with Gasteiger partial charge in [0.05, 0.1) is 6.54 Å². The number of amides is 2. The number of hydrogen-bond acceptors (Lipinski definition) is 3. The number of fused-ring (bicyclic) bond motifs is 1. The van der Waals surface area contributed by atoms with Crippen LogP contribution in [-0.2, 0) is 13.1 Å². The van der Waals surface area contributed by atoms with E-state index in [-0.39, 0.29) is 12.8 Å². The first kappa shape index (κ1) is 17.0. The number of anilines is 1. The minimum atomic E-state index is -0.267. The molecule has 1 aromatic heterocycles. The molecule has 0 spiro atoms. The van der Waals surface area contributed by atoms with E-state index in [1.165, 1.54) is 11.1 Å². The van der Waals surface area contributed by atoms with Gasteiger partial charge >= 0.3 is 6.03 Å². The lowest BCUT2D eigenvalue weighted by molar-refractivity contribution is 0.174. The molecule has 0 radical (unpaired) electrons. The van der Waals surface area contributed by atoms with Crippen molar-refractivity contribution in [2.24, 2.45) is 0 Å². The lowest BCUT2D eigenvalue weighted by Crippen LogP contribution is -2.29. The number of aromatic nitrogens is 1. The Kier molecular flexibility index (Phi) is 4.70. The fourth-order valence-corrected chi connectivity index (χ4v) is 3.09. The zero-order valence-electron chi connectivity index (χ0n) is 15.1. The van der Waals surface area contributed by atoms with Gasteiger partial charge in [-0.15, -0.1) is 0 Å². The van der Waals surface area contributed by atoms with Crippen molar-refractivity contribution in [3.63, 3.8) is 0 Å². The van der Waals surface area contributed by atoms with Crippen LogP contribution in [0.2, 0.25) is 0 Å². The van der Waals surface area contributed by atoms with E-state index in [4.69, 9.17) is 9.47 Å². The summed E-state index contributed by atoms with van der Waals surface area (Å²) >= 11 is 0. The van der Waals surface area contributed by atoms with Crippen molar-refractivity contribution in [3.05, 3.63) is 77.6 Å². The third-order valence-corrected chi connectivity index (χ3v) is 4.42. The monoisotopic (exact) mass is 363 g/mol. The summed E-state index contributed by atoms with van der Waals surface area (Å²) < 4.78 is 12.7. The van der Waals surface area contributed by atoms with E-state index in [0.29, 0.717) is 23.7 Å². The molecule has 0 saturated carbocycles. The first-order chi connectivity index (χ1) is 13.2. The second kappa shape index (κ2) is 7.45. The predicted molar refractivity (Wildman–Crippen MR) is 103 cm³/mol. The van der Waals surface area contributed by atoms with Crippen LogP contribution in [0.3, 0.4) is 0 Å². The Hall–Kier alpha value is -3.41. The van der Waals surface area contributed by atoms with Crippen molar-refractivity contribution < 1.29 is 14.3 Å². The lowest BCUT2D eigenvalue weighted by atomic mass is 10.1. The molecule has 138 valence electrons. The highest BCUT2D eigenvalue weighted by molar-refractivity contribution is 5.89. The summed E-state index contributed by atoms with van der Waals surface area (Å²) in [5, 5.41) is 5.71. The highest BCUT2D eigenvalue weighted by Gasteiger charge is 2.14. The van der Waals surface area contributed by atoms with Gasteiger partial charge in [-0.1, -0.05) is 29.8 Å². The molecule has 2 aromatic carbocycles. The van der Waals surface area contributed by atoms with Crippen molar-refractivity contribution in [2.45, 2.75) is 20.0 Å². The number of ether oxygens (including phenoxy) is 2. The fraction of sp³-hybridized carbons (Fsp3) is 0.190. The van der Waals surface area contributed by atoms with Gasteiger partial charge in [0.2, 0.25) is 6.79 Å². The van der Waals surface area contributed by atoms with Crippen LogP contribution in [-0.4, -0.2) is 17.4 Å². The van der Waals surface area contributed by atoms with Crippen LogP contribution in [0.15, 0.2) is 60.8 Å². The minimum absolute atomic E-state index is 0.211. The van der Waals surface area contributed by atoms with E-state index in [1.54, 1.807) is 18.2 Å². The molecule has 2 amide bonds. The molecule has 4 rings (SSSR count). The first-order valence-electron chi connectivity index (χ1n) is 8.81. The molecule has 0 unspecified atom stereocenters. The van der Waals surface area contributed by atoms with Gasteiger partial charge in [0.1, 0.15) is 0 Å². The lowest BCUT2D eigenvalue weighted by Gasteiger charge is -2.12. The number of carbonyl (C=O) groups is 1. The van der Waals surface area contributed by atoms with Gasteiger partial charge < -0.3 is 24.7 Å². The van der Waals surface area contributed by atoms with Crippen LogP contribution in [0, 0.1) is 6.92 Å². The normalized spacial score (nSPS) is 12.0. The van der Waals surface area contributed by atoms with E-state index >= 15 is 0 Å². The molecule has 1 aliphatic rings. The molecule has 1 aliphatic heterocycles. The second-order valence-electron chi connectivity index (χ2n) is 6.49. The number of nitrogens with zero attached hydrogens (tertiary/aromatic N) is 1. The van der Waals surface area contributed by atoms with E-state index in [0.717, 1.165) is 12.2 Å². The highest BCUT2D eigenvalue weighted by atomic mass is 16.7. The number of carbonyl (C=O) groups excluding carboxylic acids is 1. The number of hydrogen-bond donors (Lipinski definition) is 2. The van der Waals surface area contributed by atoms with Crippen LogP contribution in [0.4, 0.5) is 10.5 Å². The zero-order valence-corrected chi connectivity index (χ0v) is 15.1. The summed E-state index contributed by atoms with van der Waals surface area (Å²) in [5.74, 6) is 1.33. The first-order valence-corrected chi connectivity index (χ1v) is 8.81. The molecular formula is C21H21N3O3. The average molecular weight is 363 g/mol. The summed E-state index contributed by atoms with van der Waals surface area (Å²) in [4.78, 5) is 12.2. The number of aryl methyl sites for hydroxylation is 1. The Balaban J connectivity index is 1.35. The molecule has 6 heteroatoms. The van der Waals surface area contributed by atoms with Crippen molar-refractivity contribution >= 4 is 11.7 Å². The van der Waals surface area contributed by atoms with Crippen molar-refractivity contribution in [2.75, 3.05) is 12.1 Å². The van der Waals surface area contributed by atoms with Gasteiger partial charge in [-0.25, -0.2) is 4.79 Å². The topological polar surface area (TPSA) is 64.5 Å². The van der Waals surface area contributed by atoms with Gasteiger partial charge in [0.15, 0.2) is 11.5 Å². The summed E-state index contributed by atoms with van der Waals surface area (Å²) in [6, 6.07) is 17.5. The Morgan fingerprint density at radius 3 is 2.85 bits per heavy atom. The standard InChI is InChI=1S/C21H21N3O3/c1-15-4-2-5-16(10-15)13-24-9-3-6-18(24)12-22-21(25)23-17-7-8-19-20(11-17)27-14-26-19/h2-11H,12-14H2,1H3,(H2,22,23,25). The molecule has 0 atom stereocenters. The summed E-state index contributed by atoms with van der Waals surface area (Å²) in [6.07, 6.45) is 2.02. The Labute approximate surface area is 157 Å². The molecule has 0 saturated heterocycles. The summed E-state index contributed by atoms with van der Waals surface area (Å²) in [5.41, 5.74) is 4.17. The largest absolute Gasteiger partial charge is 0.454 e. The maximum Gasteiger partial charge on any atom is 0.319 e. The maximum atomic E-state index is 12.2. The molecule has 3 aromatic rings. The van der Waals surface area contributed by atoms with Crippen LogP contribution in [0.1, 0.15) is 16.8 Å². The smallest absolute Gasteiger partial charge is 0.319 e. The average Bonchev–Trinajstić information content (AvgIpc) is 3.29. The molecule has 6 nitrogen and oxygen atoms in total. The van der Waals surface area contributed by atoms with Crippen LogP contribution < -0.4 is 20.1 Å². The van der Waals surface area contributed by atoms with E-state index < -0.39 is 0 Å². The molecule has 27 heavy (non-hydrogen) atoms. The zero-order chi connectivity index (χ0) is 18.6. The second-order valence-corrected chi connectivity index (χ2v) is 6.49. The number of nitrogens with one attached hydrogen (secondary N) is 2. The molecule has 0 bridgehead atoms. The highest BCUT2D eigenvalue weighted by Crippen LogP contribution is 2.34. The maximum absolute atomic E-state index is 12.2. The third-order valence-electron chi connectivity index (χ3n) is 4.42. The Bertz CT molecular complexity index is 965.